The van der Waals surface area contributed by atoms with Gasteiger partial charge in [0, 0.05) is 16.3 Å². The van der Waals surface area contributed by atoms with Gasteiger partial charge < -0.3 is 5.32 Å². The number of hydrogen-bond acceptors (Lipinski definition) is 1. The van der Waals surface area contributed by atoms with Crippen LogP contribution in [0.3, 0.4) is 0 Å². The van der Waals surface area contributed by atoms with Gasteiger partial charge in [0.25, 0.3) is 0 Å². The van der Waals surface area contributed by atoms with Gasteiger partial charge in [-0.05, 0) is 58.9 Å². The van der Waals surface area contributed by atoms with E-state index >= 15 is 0 Å². The van der Waals surface area contributed by atoms with E-state index in [2.05, 4.69) is 59.9 Å². The van der Waals surface area contributed by atoms with Gasteiger partial charge >= 0.3 is 0 Å². The summed E-state index contributed by atoms with van der Waals surface area (Å²) in [5.41, 5.74) is 5.49. The highest BCUT2D eigenvalue weighted by molar-refractivity contribution is 6.30. The van der Waals surface area contributed by atoms with Crippen LogP contribution in [-0.2, 0) is 0 Å². The maximum Gasteiger partial charge on any atom is 0.0704 e. The molecule has 1 atom stereocenters. The summed E-state index contributed by atoms with van der Waals surface area (Å²) in [7, 11) is 0. The first-order valence-electron chi connectivity index (χ1n) is 10.1. The molecular weight excluding hydrogens is 350 g/mol. The molecule has 0 aromatic heterocycles. The Kier molecular flexibility index (Phi) is 4.41. The summed E-state index contributed by atoms with van der Waals surface area (Å²) in [6.45, 7) is 0. The Hall–Kier alpha value is -2.25. The standard InChI is InChI=1S/C25H24ClN/c26-20-13-10-19(11-14-20)24-16-22(17-6-2-1-3-7-17)25-21-9-5-4-8-18(21)12-15-23(25)27-24/h4-5,8-17,24,27H,1-3,6-7H2. The molecule has 1 unspecified atom stereocenters. The molecule has 1 N–H and O–H groups in total. The van der Waals surface area contributed by atoms with Crippen molar-refractivity contribution in [1.82, 2.24) is 0 Å². The average Bonchev–Trinajstić information content (AvgIpc) is 2.74. The smallest absolute Gasteiger partial charge is 0.0704 e. The van der Waals surface area contributed by atoms with Crippen molar-refractivity contribution in [2.24, 2.45) is 5.92 Å². The maximum atomic E-state index is 6.11. The number of rotatable bonds is 2. The minimum absolute atomic E-state index is 0.202. The van der Waals surface area contributed by atoms with Crippen LogP contribution in [0.4, 0.5) is 5.69 Å². The molecule has 0 saturated heterocycles. The Bertz CT molecular complexity index is 997. The molecule has 5 rings (SSSR count). The van der Waals surface area contributed by atoms with Crippen molar-refractivity contribution < 1.29 is 0 Å². The Morgan fingerprint density at radius 1 is 0.815 bits per heavy atom. The van der Waals surface area contributed by atoms with Gasteiger partial charge in [-0.1, -0.05) is 79.4 Å². The molecule has 3 aromatic rings. The van der Waals surface area contributed by atoms with Crippen molar-refractivity contribution in [2.75, 3.05) is 5.32 Å². The first-order valence-corrected chi connectivity index (χ1v) is 10.4. The number of anilines is 1. The molecule has 0 spiro atoms. The highest BCUT2D eigenvalue weighted by Crippen LogP contribution is 2.46. The minimum atomic E-state index is 0.202. The summed E-state index contributed by atoms with van der Waals surface area (Å²) < 4.78 is 0. The van der Waals surface area contributed by atoms with Crippen LogP contribution in [0, 0.1) is 5.92 Å². The average molecular weight is 374 g/mol. The fourth-order valence-corrected chi connectivity index (χ4v) is 4.90. The highest BCUT2D eigenvalue weighted by Gasteiger charge is 2.27. The van der Waals surface area contributed by atoms with Crippen LogP contribution in [0.25, 0.3) is 16.3 Å². The van der Waals surface area contributed by atoms with E-state index in [1.807, 2.05) is 12.1 Å². The molecule has 136 valence electrons. The summed E-state index contributed by atoms with van der Waals surface area (Å²) in [5, 5.41) is 7.26. The Morgan fingerprint density at radius 3 is 2.41 bits per heavy atom. The number of halogens is 1. The highest BCUT2D eigenvalue weighted by atomic mass is 35.5. The first-order chi connectivity index (χ1) is 13.3. The van der Waals surface area contributed by atoms with Gasteiger partial charge in [-0.15, -0.1) is 0 Å². The van der Waals surface area contributed by atoms with Crippen molar-refractivity contribution in [3.63, 3.8) is 0 Å². The third kappa shape index (κ3) is 3.15. The van der Waals surface area contributed by atoms with E-state index in [-0.39, 0.29) is 6.04 Å². The second-order valence-electron chi connectivity index (χ2n) is 7.84. The summed E-state index contributed by atoms with van der Waals surface area (Å²) >= 11 is 6.11. The zero-order valence-electron chi connectivity index (χ0n) is 15.4. The molecule has 27 heavy (non-hydrogen) atoms. The van der Waals surface area contributed by atoms with E-state index in [1.54, 1.807) is 5.57 Å². The number of nitrogens with one attached hydrogen (secondary N) is 1. The lowest BCUT2D eigenvalue weighted by Crippen LogP contribution is -2.19. The van der Waals surface area contributed by atoms with Crippen LogP contribution in [-0.4, -0.2) is 0 Å². The zero-order valence-corrected chi connectivity index (χ0v) is 16.2. The minimum Gasteiger partial charge on any atom is -0.374 e. The Morgan fingerprint density at radius 2 is 1.59 bits per heavy atom. The normalized spacial score (nSPS) is 20.0. The molecule has 2 aliphatic rings. The number of benzene rings is 3. The largest absolute Gasteiger partial charge is 0.374 e. The van der Waals surface area contributed by atoms with Gasteiger partial charge in [0.05, 0.1) is 6.04 Å². The number of allylic oxidation sites excluding steroid dienone is 1. The monoisotopic (exact) mass is 373 g/mol. The number of fused-ring (bicyclic) bond motifs is 3. The van der Waals surface area contributed by atoms with Crippen molar-refractivity contribution in [3.05, 3.63) is 82.9 Å². The lowest BCUT2D eigenvalue weighted by atomic mass is 9.77. The predicted octanol–water partition coefficient (Wildman–Crippen LogP) is 7.62. The van der Waals surface area contributed by atoms with Gasteiger partial charge in [0.15, 0.2) is 0 Å². The third-order valence-electron chi connectivity index (χ3n) is 6.15. The molecule has 1 heterocycles. The second-order valence-corrected chi connectivity index (χ2v) is 8.28. The maximum absolute atomic E-state index is 6.11. The molecule has 1 saturated carbocycles. The van der Waals surface area contributed by atoms with Gasteiger partial charge in [-0.2, -0.15) is 0 Å². The van der Waals surface area contributed by atoms with Crippen molar-refractivity contribution >= 4 is 33.6 Å². The van der Waals surface area contributed by atoms with E-state index in [0.717, 1.165) is 5.02 Å². The summed E-state index contributed by atoms with van der Waals surface area (Å²) in [5.74, 6) is 0.667. The molecule has 1 aliphatic heterocycles. The summed E-state index contributed by atoms with van der Waals surface area (Å²) in [6, 6.07) is 21.7. The lowest BCUT2D eigenvalue weighted by molar-refractivity contribution is 0.428. The molecule has 1 nitrogen and oxygen atoms in total. The molecular formula is C25H24ClN. The topological polar surface area (TPSA) is 12.0 Å². The summed E-state index contributed by atoms with van der Waals surface area (Å²) in [6.07, 6.45) is 9.17. The molecule has 2 heteroatoms. The van der Waals surface area contributed by atoms with Crippen LogP contribution < -0.4 is 5.32 Å². The fourth-order valence-electron chi connectivity index (χ4n) is 4.78. The zero-order chi connectivity index (χ0) is 18.2. The summed E-state index contributed by atoms with van der Waals surface area (Å²) in [4.78, 5) is 0. The van der Waals surface area contributed by atoms with Crippen LogP contribution in [0.1, 0.15) is 49.3 Å². The Labute approximate surface area is 166 Å². The molecule has 1 aliphatic carbocycles. The SMILES string of the molecule is Clc1ccc(C2C=C(C3CCCCC3)c3c(ccc4ccccc34)N2)cc1. The van der Waals surface area contributed by atoms with Crippen LogP contribution in [0.2, 0.25) is 5.02 Å². The van der Waals surface area contributed by atoms with Crippen molar-refractivity contribution in [3.8, 4) is 0 Å². The van der Waals surface area contributed by atoms with Gasteiger partial charge in [-0.3, -0.25) is 0 Å². The molecule has 0 radical (unpaired) electrons. The second kappa shape index (κ2) is 7.05. The molecule has 0 amide bonds. The van der Waals surface area contributed by atoms with Gasteiger partial charge in [0.2, 0.25) is 0 Å². The third-order valence-corrected chi connectivity index (χ3v) is 6.40. The quantitative estimate of drug-likeness (QED) is 0.487. The van der Waals surface area contributed by atoms with E-state index in [4.69, 9.17) is 11.6 Å². The van der Waals surface area contributed by atoms with Crippen molar-refractivity contribution in [2.45, 2.75) is 38.1 Å². The van der Waals surface area contributed by atoms with Crippen LogP contribution in [0.15, 0.2) is 66.7 Å². The fraction of sp³-hybridized carbons (Fsp3) is 0.280. The predicted molar refractivity (Wildman–Crippen MR) is 116 cm³/mol. The van der Waals surface area contributed by atoms with E-state index in [9.17, 15) is 0 Å². The van der Waals surface area contributed by atoms with E-state index < -0.39 is 0 Å². The van der Waals surface area contributed by atoms with E-state index in [1.165, 1.54) is 59.7 Å². The van der Waals surface area contributed by atoms with Crippen molar-refractivity contribution in [1.29, 1.82) is 0 Å². The number of hydrogen-bond donors (Lipinski definition) is 1. The van der Waals surface area contributed by atoms with E-state index in [0.29, 0.717) is 5.92 Å². The molecule has 0 bridgehead atoms. The molecule has 3 aromatic carbocycles. The lowest BCUT2D eigenvalue weighted by Gasteiger charge is -2.33. The van der Waals surface area contributed by atoms with Gasteiger partial charge in [-0.25, -0.2) is 0 Å². The first kappa shape index (κ1) is 16.9. The molecule has 1 fully saturated rings. The van der Waals surface area contributed by atoms with Crippen LogP contribution in [0.5, 0.6) is 0 Å². The van der Waals surface area contributed by atoms with Crippen LogP contribution >= 0.6 is 11.6 Å². The van der Waals surface area contributed by atoms with Gasteiger partial charge in [0.1, 0.15) is 0 Å². The Balaban J connectivity index is 1.66.